The van der Waals surface area contributed by atoms with Crippen molar-refractivity contribution in [3.05, 3.63) is 114 Å². The van der Waals surface area contributed by atoms with Gasteiger partial charge < -0.3 is 15.3 Å². The number of fused-ring (bicyclic) bond motifs is 11. The fraction of sp³-hybridized carbons (Fsp3) is 0.143. The highest BCUT2D eigenvalue weighted by Gasteiger charge is 2.26. The molecule has 0 fully saturated rings. The number of hydrogen-bond acceptors (Lipinski definition) is 4. The van der Waals surface area contributed by atoms with Crippen LogP contribution in [0.2, 0.25) is 0 Å². The van der Waals surface area contributed by atoms with E-state index in [1.165, 1.54) is 0 Å². The van der Waals surface area contributed by atoms with Crippen molar-refractivity contribution < 1.29 is 0 Å². The highest BCUT2D eigenvalue weighted by Crippen LogP contribution is 2.47. The number of nitrogens with zero attached hydrogens (tertiary/aromatic N) is 9. The molecule has 0 unspecified atom stereocenters. The third kappa shape index (κ3) is 3.61. The van der Waals surface area contributed by atoms with Gasteiger partial charge in [-0.1, -0.05) is 39.6 Å². The van der Waals surface area contributed by atoms with E-state index in [0.29, 0.717) is 13.0 Å². The predicted octanol–water partition coefficient (Wildman–Crippen LogP) is 9.03. The van der Waals surface area contributed by atoms with Gasteiger partial charge in [-0.05, 0) is 69.2 Å². The lowest BCUT2D eigenvalue weighted by molar-refractivity contribution is 1.03. The summed E-state index contributed by atoms with van der Waals surface area (Å²) in [6, 6.07) is 18.2. The molecule has 2 aromatic heterocycles. The van der Waals surface area contributed by atoms with Gasteiger partial charge in [-0.25, -0.2) is 0 Å². The van der Waals surface area contributed by atoms with Gasteiger partial charge in [0.05, 0.1) is 36.4 Å². The zero-order valence-corrected chi connectivity index (χ0v) is 21.0. The van der Waals surface area contributed by atoms with Crippen LogP contribution >= 0.6 is 0 Å². The zero-order valence-electron chi connectivity index (χ0n) is 21.0. The summed E-state index contributed by atoms with van der Waals surface area (Å²) < 4.78 is 0. The van der Waals surface area contributed by atoms with E-state index in [4.69, 9.17) is 16.6 Å². The van der Waals surface area contributed by atoms with E-state index < -0.39 is 0 Å². The first-order chi connectivity index (χ1) is 19.7. The summed E-state index contributed by atoms with van der Waals surface area (Å²) in [6.45, 7) is 0.830. The van der Waals surface area contributed by atoms with Crippen molar-refractivity contribution in [3.63, 3.8) is 0 Å². The summed E-state index contributed by atoms with van der Waals surface area (Å²) in [7, 11) is 0. The molecule has 0 saturated heterocycles. The fourth-order valence-corrected chi connectivity index (χ4v) is 5.88. The molecule has 0 spiro atoms. The Hall–Kier alpha value is -5.79. The molecule has 1 aliphatic rings. The number of hydrogen-bond donors (Lipinski definition) is 3. The summed E-state index contributed by atoms with van der Waals surface area (Å²) in [4.78, 5) is 16.1. The SMILES string of the molecule is [N-]=[N+]=NCc1ccc2c(c1)Cc1c(c3c4cc(CN=[N+]=[N-])ccc4[nH]c3c3c1[nH]c1ccc(CN=[N+]=[N-])cc13)N2. The second-order valence-electron chi connectivity index (χ2n) is 9.82. The van der Waals surface area contributed by atoms with Crippen molar-refractivity contribution >= 4 is 55.0 Å². The molecular formula is C28H20N12. The van der Waals surface area contributed by atoms with Crippen LogP contribution in [0.15, 0.2) is 69.9 Å². The molecule has 192 valence electrons. The Balaban J connectivity index is 1.55. The molecule has 3 N–H and O–H groups in total. The van der Waals surface area contributed by atoms with E-state index in [0.717, 1.165) is 82.8 Å². The standard InChI is InChI=1S/C28H20N12/c29-38-32-11-14-1-4-21-17(7-14)10-20-26(35-21)24-19-9-16(13-34-40-31)3-6-23(19)37-28(24)25-18-8-15(12-33-39-30)2-5-22(18)36-27(20)25/h1-9,35-37H,10-13H2. The highest BCUT2D eigenvalue weighted by atomic mass is 15.1. The first kappa shape index (κ1) is 23.3. The third-order valence-electron chi connectivity index (χ3n) is 7.58. The summed E-state index contributed by atoms with van der Waals surface area (Å²) >= 11 is 0. The number of aromatic nitrogens is 2. The monoisotopic (exact) mass is 524 g/mol. The maximum Gasteiger partial charge on any atom is 0.0587 e. The van der Waals surface area contributed by atoms with E-state index in [2.05, 4.69) is 63.6 Å². The lowest BCUT2D eigenvalue weighted by atomic mass is 9.91. The molecule has 6 aromatic rings. The van der Waals surface area contributed by atoms with Crippen molar-refractivity contribution in [2.24, 2.45) is 15.3 Å². The number of H-pyrrole nitrogens is 2. The van der Waals surface area contributed by atoms with Gasteiger partial charge in [0.25, 0.3) is 0 Å². The number of nitrogens with one attached hydrogen (secondary N) is 3. The predicted molar refractivity (Wildman–Crippen MR) is 156 cm³/mol. The van der Waals surface area contributed by atoms with E-state index in [1.807, 2.05) is 36.4 Å². The zero-order chi connectivity index (χ0) is 27.2. The molecule has 1 aliphatic heterocycles. The Morgan fingerprint density at radius 2 is 1.20 bits per heavy atom. The number of azide groups is 3. The second kappa shape index (κ2) is 9.20. The molecule has 0 amide bonds. The Kier molecular flexibility index (Phi) is 5.36. The van der Waals surface area contributed by atoms with Crippen LogP contribution in [0.3, 0.4) is 0 Å². The van der Waals surface area contributed by atoms with Crippen LogP contribution < -0.4 is 5.32 Å². The quantitative estimate of drug-likeness (QED) is 0.109. The average Bonchev–Trinajstić information content (AvgIpc) is 3.55. The van der Waals surface area contributed by atoms with Gasteiger partial charge in [-0.15, -0.1) is 0 Å². The number of anilines is 2. The van der Waals surface area contributed by atoms with Crippen LogP contribution in [0.4, 0.5) is 11.4 Å². The van der Waals surface area contributed by atoms with Gasteiger partial charge in [-0.2, -0.15) is 0 Å². The summed E-state index contributed by atoms with van der Waals surface area (Å²) in [5.74, 6) is 0. The Labute approximate surface area is 225 Å². The topological polar surface area (TPSA) is 190 Å². The largest absolute Gasteiger partial charge is 0.354 e. The smallest absolute Gasteiger partial charge is 0.0587 e. The van der Waals surface area contributed by atoms with Crippen molar-refractivity contribution in [2.45, 2.75) is 26.1 Å². The summed E-state index contributed by atoms with van der Waals surface area (Å²) in [6.07, 6.45) is 0.678. The Morgan fingerprint density at radius 3 is 1.82 bits per heavy atom. The maximum absolute atomic E-state index is 8.85. The van der Waals surface area contributed by atoms with Crippen LogP contribution in [0.5, 0.6) is 0 Å². The van der Waals surface area contributed by atoms with Gasteiger partial charge >= 0.3 is 0 Å². The van der Waals surface area contributed by atoms with Gasteiger partial charge in [0.1, 0.15) is 0 Å². The molecule has 0 atom stereocenters. The van der Waals surface area contributed by atoms with E-state index in [9.17, 15) is 0 Å². The van der Waals surface area contributed by atoms with E-state index in [-0.39, 0.29) is 13.1 Å². The molecule has 40 heavy (non-hydrogen) atoms. The normalized spacial score (nSPS) is 11.9. The average molecular weight is 525 g/mol. The molecule has 0 saturated carbocycles. The molecule has 0 radical (unpaired) electrons. The van der Waals surface area contributed by atoms with Gasteiger partial charge in [0.2, 0.25) is 0 Å². The van der Waals surface area contributed by atoms with Gasteiger partial charge in [0.15, 0.2) is 0 Å². The lowest BCUT2D eigenvalue weighted by Crippen LogP contribution is -2.08. The van der Waals surface area contributed by atoms with E-state index >= 15 is 0 Å². The highest BCUT2D eigenvalue weighted by molar-refractivity contribution is 6.29. The Morgan fingerprint density at radius 1 is 0.650 bits per heavy atom. The molecular weight excluding hydrogens is 504 g/mol. The molecule has 4 aromatic carbocycles. The minimum Gasteiger partial charge on any atom is -0.354 e. The minimum absolute atomic E-state index is 0.267. The Bertz CT molecular complexity index is 2170. The number of aromatic amines is 2. The molecule has 3 heterocycles. The van der Waals surface area contributed by atoms with Crippen molar-refractivity contribution in [1.29, 1.82) is 0 Å². The summed E-state index contributed by atoms with van der Waals surface area (Å²) in [5.41, 5.74) is 37.5. The van der Waals surface area contributed by atoms with Crippen LogP contribution in [0, 0.1) is 0 Å². The fourth-order valence-electron chi connectivity index (χ4n) is 5.88. The number of rotatable bonds is 6. The van der Waals surface area contributed by atoms with Gasteiger partial charge in [0, 0.05) is 65.0 Å². The van der Waals surface area contributed by atoms with Crippen LogP contribution in [0.1, 0.15) is 27.8 Å². The van der Waals surface area contributed by atoms with Crippen LogP contribution in [-0.2, 0) is 26.1 Å². The lowest BCUT2D eigenvalue weighted by Gasteiger charge is -2.24. The first-order valence-corrected chi connectivity index (χ1v) is 12.6. The van der Waals surface area contributed by atoms with Gasteiger partial charge in [-0.3, -0.25) is 0 Å². The minimum atomic E-state index is 0.267. The molecule has 0 aliphatic carbocycles. The van der Waals surface area contributed by atoms with E-state index in [1.54, 1.807) is 0 Å². The molecule has 0 bridgehead atoms. The molecule has 12 heteroatoms. The first-order valence-electron chi connectivity index (χ1n) is 12.6. The van der Waals surface area contributed by atoms with Crippen LogP contribution in [0.25, 0.3) is 74.9 Å². The van der Waals surface area contributed by atoms with Crippen molar-refractivity contribution in [1.82, 2.24) is 9.97 Å². The van der Waals surface area contributed by atoms with Crippen molar-refractivity contribution in [3.8, 4) is 0 Å². The van der Waals surface area contributed by atoms with Crippen LogP contribution in [-0.4, -0.2) is 9.97 Å². The summed E-state index contributed by atoms with van der Waals surface area (Å²) in [5, 5.41) is 19.2. The second-order valence-corrected chi connectivity index (χ2v) is 9.82. The number of benzene rings is 4. The molecule has 7 rings (SSSR count). The van der Waals surface area contributed by atoms with Crippen molar-refractivity contribution in [2.75, 3.05) is 5.32 Å². The maximum atomic E-state index is 8.85. The third-order valence-corrected chi connectivity index (χ3v) is 7.58. The molecule has 12 nitrogen and oxygen atoms in total.